The van der Waals surface area contributed by atoms with Gasteiger partial charge in [0.2, 0.25) is 11.7 Å². The van der Waals surface area contributed by atoms with Crippen LogP contribution in [-0.2, 0) is 14.3 Å². The molecule has 6 atom stereocenters. The molecule has 1 rings (SSSR count). The van der Waals surface area contributed by atoms with Crippen LogP contribution in [0.15, 0.2) is 16.9 Å². The molecule has 25 heavy (non-hydrogen) atoms. The number of carboxylic acid groups (broad SMARTS) is 1. The molecule has 140 valence electrons. The average Bonchev–Trinajstić information content (AvgIpc) is 2.60. The molecule has 0 aromatic carbocycles. The third-order valence-corrected chi connectivity index (χ3v) is 3.99. The molecule has 0 aliphatic carbocycles. The number of carbonyl (C=O) groups is 2. The molecular formula is C14H22N4O7. The Balaban J connectivity index is 3.26. The molecule has 0 bridgehead atoms. The van der Waals surface area contributed by atoms with Crippen LogP contribution < -0.4 is 5.32 Å². The lowest BCUT2D eigenvalue weighted by Crippen LogP contribution is -2.60. The zero-order valence-corrected chi connectivity index (χ0v) is 13.8. The fourth-order valence-electron chi connectivity index (χ4n) is 2.27. The van der Waals surface area contributed by atoms with Crippen molar-refractivity contribution in [2.24, 2.45) is 11.0 Å². The lowest BCUT2D eigenvalue weighted by molar-refractivity contribution is -0.146. The SMILES string of the molecule is CCC(C)C(=O)N[C@H]1[C@H]([C@H](O)[C@H](O)CO)OC(C(=O)O)=C[C@@H]1N=[N+]=[N-]. The number of carboxylic acids is 1. The third-order valence-electron chi connectivity index (χ3n) is 3.99. The van der Waals surface area contributed by atoms with Crippen molar-refractivity contribution in [1.82, 2.24) is 5.32 Å². The molecule has 1 amide bonds. The number of amides is 1. The van der Waals surface area contributed by atoms with Crippen LogP contribution in [0.2, 0.25) is 0 Å². The summed E-state index contributed by atoms with van der Waals surface area (Å²) >= 11 is 0. The van der Waals surface area contributed by atoms with Gasteiger partial charge in [-0.3, -0.25) is 4.79 Å². The van der Waals surface area contributed by atoms with Crippen LogP contribution in [-0.4, -0.2) is 69.3 Å². The highest BCUT2D eigenvalue weighted by Crippen LogP contribution is 2.25. The van der Waals surface area contributed by atoms with E-state index in [2.05, 4.69) is 15.3 Å². The van der Waals surface area contributed by atoms with Gasteiger partial charge in [0.15, 0.2) is 0 Å². The summed E-state index contributed by atoms with van der Waals surface area (Å²) in [5.41, 5.74) is 8.71. The van der Waals surface area contributed by atoms with Gasteiger partial charge in [0.1, 0.15) is 18.3 Å². The van der Waals surface area contributed by atoms with Gasteiger partial charge in [0.05, 0.1) is 18.7 Å². The molecule has 0 radical (unpaired) electrons. The molecule has 0 saturated heterocycles. The molecule has 1 aliphatic heterocycles. The summed E-state index contributed by atoms with van der Waals surface area (Å²) in [5, 5.41) is 43.9. The number of hydrogen-bond acceptors (Lipinski definition) is 7. The average molecular weight is 358 g/mol. The number of nitrogens with one attached hydrogen (secondary N) is 1. The van der Waals surface area contributed by atoms with Crippen molar-refractivity contribution in [3.05, 3.63) is 22.3 Å². The summed E-state index contributed by atoms with van der Waals surface area (Å²) in [4.78, 5) is 26.0. The Morgan fingerprint density at radius 1 is 1.48 bits per heavy atom. The van der Waals surface area contributed by atoms with E-state index in [0.717, 1.165) is 6.08 Å². The highest BCUT2D eigenvalue weighted by Gasteiger charge is 2.43. The number of azide groups is 1. The van der Waals surface area contributed by atoms with Crippen LogP contribution in [0, 0.1) is 5.92 Å². The summed E-state index contributed by atoms with van der Waals surface area (Å²) in [6.07, 6.45) is -3.28. The topological polar surface area (TPSA) is 185 Å². The van der Waals surface area contributed by atoms with Gasteiger partial charge in [-0.15, -0.1) is 0 Å². The fourth-order valence-corrected chi connectivity index (χ4v) is 2.27. The van der Waals surface area contributed by atoms with Crippen LogP contribution in [0.25, 0.3) is 10.4 Å². The Hall–Kier alpha value is -2.33. The normalized spacial score (nSPS) is 26.3. The van der Waals surface area contributed by atoms with Crippen LogP contribution in [0.4, 0.5) is 0 Å². The smallest absolute Gasteiger partial charge is 0.370 e. The molecule has 1 heterocycles. The molecule has 1 aliphatic rings. The fraction of sp³-hybridized carbons (Fsp3) is 0.714. The molecule has 0 aromatic heterocycles. The summed E-state index contributed by atoms with van der Waals surface area (Å²) in [7, 11) is 0. The van der Waals surface area contributed by atoms with Crippen molar-refractivity contribution in [2.45, 2.75) is 50.7 Å². The second kappa shape index (κ2) is 9.23. The first-order valence-electron chi connectivity index (χ1n) is 7.70. The van der Waals surface area contributed by atoms with Gasteiger partial charge in [-0.1, -0.05) is 19.0 Å². The van der Waals surface area contributed by atoms with E-state index >= 15 is 0 Å². The molecule has 5 N–H and O–H groups in total. The summed E-state index contributed by atoms with van der Waals surface area (Å²) < 4.78 is 5.18. The molecule has 0 saturated carbocycles. The molecule has 0 aromatic rings. The van der Waals surface area contributed by atoms with E-state index in [1.54, 1.807) is 13.8 Å². The largest absolute Gasteiger partial charge is 0.478 e. The Labute approximate surface area is 143 Å². The maximum Gasteiger partial charge on any atom is 0.370 e. The van der Waals surface area contributed by atoms with Gasteiger partial charge in [0, 0.05) is 10.8 Å². The number of aliphatic carboxylic acids is 1. The van der Waals surface area contributed by atoms with Crippen molar-refractivity contribution in [3.63, 3.8) is 0 Å². The van der Waals surface area contributed by atoms with E-state index in [1.807, 2.05) is 0 Å². The Morgan fingerprint density at radius 3 is 2.60 bits per heavy atom. The number of aliphatic hydroxyl groups excluding tert-OH is 3. The standard InChI is InChI=1S/C14H22N4O7/c1-3-6(2)13(22)16-10-7(17-18-15)4-9(14(23)24)25-12(10)11(21)8(20)5-19/h4,6-8,10-12,19-21H,3,5H2,1-2H3,(H,16,22)(H,23,24)/t6?,7-,8+,10+,11+,12+/m0/s1. The number of aliphatic hydroxyl groups is 3. The number of ether oxygens (including phenoxy) is 1. The second-order valence-corrected chi connectivity index (χ2v) is 5.70. The highest BCUT2D eigenvalue weighted by molar-refractivity contribution is 5.85. The molecule has 1 unspecified atom stereocenters. The molecule has 11 nitrogen and oxygen atoms in total. The van der Waals surface area contributed by atoms with Crippen LogP contribution in [0.5, 0.6) is 0 Å². The lowest BCUT2D eigenvalue weighted by Gasteiger charge is -2.38. The molecule has 0 spiro atoms. The predicted octanol–water partition coefficient (Wildman–Crippen LogP) is -0.722. The van der Waals surface area contributed by atoms with Gasteiger partial charge in [0.25, 0.3) is 0 Å². The minimum Gasteiger partial charge on any atom is -0.478 e. The minimum absolute atomic E-state index is 0.392. The van der Waals surface area contributed by atoms with Crippen molar-refractivity contribution in [1.29, 1.82) is 0 Å². The number of hydrogen-bond donors (Lipinski definition) is 5. The zero-order valence-electron chi connectivity index (χ0n) is 13.8. The summed E-state index contributed by atoms with van der Waals surface area (Å²) in [6.45, 7) is 2.64. The van der Waals surface area contributed by atoms with Gasteiger partial charge in [-0.05, 0) is 18.0 Å². The monoisotopic (exact) mass is 358 g/mol. The number of nitrogens with zero attached hydrogens (tertiary/aromatic N) is 3. The Morgan fingerprint density at radius 2 is 2.12 bits per heavy atom. The number of rotatable bonds is 8. The van der Waals surface area contributed by atoms with Crippen LogP contribution in [0.1, 0.15) is 20.3 Å². The van der Waals surface area contributed by atoms with E-state index in [9.17, 15) is 19.8 Å². The van der Waals surface area contributed by atoms with E-state index in [-0.39, 0.29) is 0 Å². The van der Waals surface area contributed by atoms with Gasteiger partial charge >= 0.3 is 5.97 Å². The number of carbonyl (C=O) groups excluding carboxylic acids is 1. The van der Waals surface area contributed by atoms with E-state index in [4.69, 9.17) is 20.5 Å². The molecule has 11 heteroatoms. The van der Waals surface area contributed by atoms with Crippen molar-refractivity contribution >= 4 is 11.9 Å². The van der Waals surface area contributed by atoms with E-state index < -0.39 is 60.6 Å². The van der Waals surface area contributed by atoms with Crippen molar-refractivity contribution in [2.75, 3.05) is 6.61 Å². The van der Waals surface area contributed by atoms with Gasteiger partial charge in [-0.2, -0.15) is 0 Å². The quantitative estimate of drug-likeness (QED) is 0.215. The predicted molar refractivity (Wildman–Crippen MR) is 84.0 cm³/mol. The van der Waals surface area contributed by atoms with Crippen molar-refractivity contribution < 1.29 is 34.8 Å². The minimum atomic E-state index is -1.73. The molecular weight excluding hydrogens is 336 g/mol. The van der Waals surface area contributed by atoms with E-state index in [1.165, 1.54) is 0 Å². The Bertz CT molecular complexity index is 576. The van der Waals surface area contributed by atoms with Gasteiger partial charge < -0.3 is 30.5 Å². The van der Waals surface area contributed by atoms with Crippen LogP contribution >= 0.6 is 0 Å². The first-order chi connectivity index (χ1) is 11.8. The third kappa shape index (κ3) is 5.07. The summed E-state index contributed by atoms with van der Waals surface area (Å²) in [5.74, 6) is -2.88. The maximum atomic E-state index is 12.2. The van der Waals surface area contributed by atoms with Crippen LogP contribution in [0.3, 0.4) is 0 Å². The molecule has 0 fully saturated rings. The highest BCUT2D eigenvalue weighted by atomic mass is 16.5. The first kappa shape index (κ1) is 20.7. The lowest BCUT2D eigenvalue weighted by atomic mass is 9.92. The first-order valence-corrected chi connectivity index (χ1v) is 7.70. The van der Waals surface area contributed by atoms with E-state index in [0.29, 0.717) is 6.42 Å². The zero-order chi connectivity index (χ0) is 19.1. The maximum absolute atomic E-state index is 12.2. The van der Waals surface area contributed by atoms with Gasteiger partial charge in [-0.25, -0.2) is 4.79 Å². The second-order valence-electron chi connectivity index (χ2n) is 5.70. The van der Waals surface area contributed by atoms with Crippen molar-refractivity contribution in [3.8, 4) is 0 Å². The summed E-state index contributed by atoms with van der Waals surface area (Å²) in [6, 6.07) is -2.29. The Kier molecular flexibility index (Phi) is 7.65.